The Bertz CT molecular complexity index is 652. The third kappa shape index (κ3) is 1.95. The van der Waals surface area contributed by atoms with Crippen molar-refractivity contribution in [3.8, 4) is 0 Å². The molecule has 0 atom stereocenters. The Labute approximate surface area is 92.5 Å². The molecule has 2 rings (SSSR count). The SMILES string of the molecule is CC(=O)c1cc(C(F)(F)F)cc2[nH]c(=O)[nH]c12. The number of carbonyl (C=O) groups is 1. The zero-order valence-electron chi connectivity index (χ0n) is 8.61. The van der Waals surface area contributed by atoms with Gasteiger partial charge < -0.3 is 9.97 Å². The van der Waals surface area contributed by atoms with E-state index in [2.05, 4.69) is 9.97 Å². The first-order valence-corrected chi connectivity index (χ1v) is 4.63. The number of aromatic nitrogens is 2. The molecule has 0 spiro atoms. The first-order chi connectivity index (χ1) is 7.79. The van der Waals surface area contributed by atoms with Crippen LogP contribution in [0.2, 0.25) is 0 Å². The summed E-state index contributed by atoms with van der Waals surface area (Å²) in [4.78, 5) is 26.8. The zero-order valence-corrected chi connectivity index (χ0v) is 8.61. The fourth-order valence-electron chi connectivity index (χ4n) is 1.58. The molecule has 0 amide bonds. The molecule has 0 saturated carbocycles. The van der Waals surface area contributed by atoms with Crippen LogP contribution in [0.15, 0.2) is 16.9 Å². The minimum Gasteiger partial charge on any atom is -0.306 e. The minimum absolute atomic E-state index is 0.0324. The van der Waals surface area contributed by atoms with Gasteiger partial charge in [-0.15, -0.1) is 0 Å². The maximum Gasteiger partial charge on any atom is 0.416 e. The Morgan fingerprint density at radius 1 is 1.24 bits per heavy atom. The molecular formula is C10H7F3N2O2. The lowest BCUT2D eigenvalue weighted by atomic mass is 10.1. The van der Waals surface area contributed by atoms with Crippen molar-refractivity contribution in [2.75, 3.05) is 0 Å². The van der Waals surface area contributed by atoms with E-state index in [0.717, 1.165) is 19.1 Å². The van der Waals surface area contributed by atoms with Crippen molar-refractivity contribution in [2.24, 2.45) is 0 Å². The molecule has 0 saturated heterocycles. The Morgan fingerprint density at radius 2 is 1.88 bits per heavy atom. The number of halogens is 3. The molecule has 4 nitrogen and oxygen atoms in total. The number of H-pyrrole nitrogens is 2. The molecule has 17 heavy (non-hydrogen) atoms. The number of benzene rings is 1. The molecule has 0 unspecified atom stereocenters. The summed E-state index contributed by atoms with van der Waals surface area (Å²) in [7, 11) is 0. The largest absolute Gasteiger partial charge is 0.416 e. The number of alkyl halides is 3. The van der Waals surface area contributed by atoms with E-state index >= 15 is 0 Å². The average molecular weight is 244 g/mol. The second-order valence-corrected chi connectivity index (χ2v) is 3.58. The van der Waals surface area contributed by atoms with Crippen LogP contribution in [0, 0.1) is 0 Å². The molecule has 1 aromatic carbocycles. The van der Waals surface area contributed by atoms with E-state index in [-0.39, 0.29) is 16.6 Å². The molecule has 0 fully saturated rings. The van der Waals surface area contributed by atoms with E-state index in [1.54, 1.807) is 0 Å². The fourth-order valence-corrected chi connectivity index (χ4v) is 1.58. The van der Waals surface area contributed by atoms with E-state index in [9.17, 15) is 22.8 Å². The zero-order chi connectivity index (χ0) is 12.8. The lowest BCUT2D eigenvalue weighted by molar-refractivity contribution is -0.137. The van der Waals surface area contributed by atoms with E-state index in [1.165, 1.54) is 0 Å². The fraction of sp³-hybridized carbons (Fsp3) is 0.200. The quantitative estimate of drug-likeness (QED) is 0.754. The minimum atomic E-state index is -4.56. The van der Waals surface area contributed by atoms with Gasteiger partial charge in [-0.2, -0.15) is 13.2 Å². The van der Waals surface area contributed by atoms with E-state index < -0.39 is 23.2 Å². The summed E-state index contributed by atoms with van der Waals surface area (Å²) in [6.07, 6.45) is -4.56. The number of aromatic amines is 2. The van der Waals surface area contributed by atoms with E-state index in [1.807, 2.05) is 0 Å². The van der Waals surface area contributed by atoms with Crippen LogP contribution in [0.5, 0.6) is 0 Å². The van der Waals surface area contributed by atoms with Gasteiger partial charge in [0.2, 0.25) is 0 Å². The highest BCUT2D eigenvalue weighted by molar-refractivity contribution is 6.05. The number of nitrogens with one attached hydrogen (secondary N) is 2. The topological polar surface area (TPSA) is 65.7 Å². The number of Topliss-reactive ketones (excluding diaryl/α,β-unsaturated/α-hetero) is 1. The van der Waals surface area contributed by atoms with Gasteiger partial charge in [0.15, 0.2) is 5.78 Å². The predicted octanol–water partition coefficient (Wildman–Crippen LogP) is 2.08. The highest BCUT2D eigenvalue weighted by atomic mass is 19.4. The number of hydrogen-bond donors (Lipinski definition) is 2. The summed E-state index contributed by atoms with van der Waals surface area (Å²) in [5.74, 6) is -0.545. The first-order valence-electron chi connectivity index (χ1n) is 4.63. The van der Waals surface area contributed by atoms with E-state index in [4.69, 9.17) is 0 Å². The Balaban J connectivity index is 2.85. The van der Waals surface area contributed by atoms with Gasteiger partial charge in [0, 0.05) is 5.56 Å². The number of hydrogen-bond acceptors (Lipinski definition) is 2. The molecule has 1 aromatic heterocycles. The van der Waals surface area contributed by atoms with Crippen molar-refractivity contribution in [3.63, 3.8) is 0 Å². The maximum absolute atomic E-state index is 12.6. The van der Waals surface area contributed by atoms with Gasteiger partial charge in [0.25, 0.3) is 0 Å². The third-order valence-corrected chi connectivity index (χ3v) is 2.33. The highest BCUT2D eigenvalue weighted by Crippen LogP contribution is 2.32. The number of ketones is 1. The van der Waals surface area contributed by atoms with Crippen LogP contribution < -0.4 is 5.69 Å². The summed E-state index contributed by atoms with van der Waals surface area (Å²) in [5, 5.41) is 0. The lowest BCUT2D eigenvalue weighted by Gasteiger charge is -2.08. The Hall–Kier alpha value is -2.05. The molecule has 0 bridgehead atoms. The standard InChI is InChI=1S/C10H7F3N2O2/c1-4(16)6-2-5(10(11,12)13)3-7-8(6)15-9(17)14-7/h2-3H,1H3,(H2,14,15,17). The van der Waals surface area contributed by atoms with Gasteiger partial charge in [0.1, 0.15) is 0 Å². The van der Waals surface area contributed by atoms with Crippen molar-refractivity contribution in [3.05, 3.63) is 33.7 Å². The monoisotopic (exact) mass is 244 g/mol. The van der Waals surface area contributed by atoms with Gasteiger partial charge in [-0.1, -0.05) is 0 Å². The smallest absolute Gasteiger partial charge is 0.306 e. The maximum atomic E-state index is 12.6. The normalized spacial score (nSPS) is 12.0. The molecule has 0 aliphatic rings. The first kappa shape index (κ1) is 11.4. The summed E-state index contributed by atoms with van der Waals surface area (Å²) in [6, 6.07) is 1.52. The van der Waals surface area contributed by atoms with Gasteiger partial charge in [-0.25, -0.2) is 4.79 Å². The second kappa shape index (κ2) is 3.47. The lowest BCUT2D eigenvalue weighted by Crippen LogP contribution is -2.07. The van der Waals surface area contributed by atoms with Crippen molar-refractivity contribution in [1.82, 2.24) is 9.97 Å². The summed E-state index contributed by atoms with van der Waals surface area (Å²) < 4.78 is 37.7. The van der Waals surface area contributed by atoms with Gasteiger partial charge >= 0.3 is 11.9 Å². The van der Waals surface area contributed by atoms with Crippen molar-refractivity contribution in [1.29, 1.82) is 0 Å². The van der Waals surface area contributed by atoms with Gasteiger partial charge in [-0.3, -0.25) is 4.79 Å². The van der Waals surface area contributed by atoms with Gasteiger partial charge in [-0.05, 0) is 19.1 Å². The molecule has 0 radical (unpaired) electrons. The molecule has 2 aromatic rings. The van der Waals surface area contributed by atoms with E-state index in [0.29, 0.717) is 0 Å². The van der Waals surface area contributed by atoms with Crippen LogP contribution in [0.3, 0.4) is 0 Å². The van der Waals surface area contributed by atoms with Crippen molar-refractivity contribution in [2.45, 2.75) is 13.1 Å². The van der Waals surface area contributed by atoms with Crippen LogP contribution in [0.1, 0.15) is 22.8 Å². The van der Waals surface area contributed by atoms with Crippen LogP contribution in [-0.2, 0) is 6.18 Å². The molecule has 1 heterocycles. The second-order valence-electron chi connectivity index (χ2n) is 3.58. The van der Waals surface area contributed by atoms with Crippen LogP contribution in [0.4, 0.5) is 13.2 Å². The van der Waals surface area contributed by atoms with Crippen molar-refractivity contribution >= 4 is 16.8 Å². The third-order valence-electron chi connectivity index (χ3n) is 2.33. The van der Waals surface area contributed by atoms with Crippen LogP contribution >= 0.6 is 0 Å². The molecular weight excluding hydrogens is 237 g/mol. The Morgan fingerprint density at radius 3 is 2.41 bits per heavy atom. The number of carbonyl (C=O) groups excluding carboxylic acids is 1. The summed E-state index contributed by atoms with van der Waals surface area (Å²) in [5.41, 5.74) is -1.72. The number of fused-ring (bicyclic) bond motifs is 1. The van der Waals surface area contributed by atoms with Crippen molar-refractivity contribution < 1.29 is 18.0 Å². The molecule has 7 heteroatoms. The molecule has 0 aliphatic carbocycles. The molecule has 90 valence electrons. The van der Waals surface area contributed by atoms with Gasteiger partial charge in [0.05, 0.1) is 16.6 Å². The predicted molar refractivity (Wildman–Crippen MR) is 53.9 cm³/mol. The summed E-state index contributed by atoms with van der Waals surface area (Å²) in [6.45, 7) is 1.14. The molecule has 0 aliphatic heterocycles. The average Bonchev–Trinajstić information content (AvgIpc) is 2.54. The highest BCUT2D eigenvalue weighted by Gasteiger charge is 2.32. The number of imidazole rings is 1. The van der Waals surface area contributed by atoms with Crippen LogP contribution in [0.25, 0.3) is 11.0 Å². The Kier molecular flexibility index (Phi) is 2.34. The summed E-state index contributed by atoms with van der Waals surface area (Å²) >= 11 is 0. The molecule has 2 N–H and O–H groups in total. The number of rotatable bonds is 1. The van der Waals surface area contributed by atoms with Crippen LogP contribution in [-0.4, -0.2) is 15.8 Å².